The van der Waals surface area contributed by atoms with E-state index in [4.69, 9.17) is 10.8 Å². The van der Waals surface area contributed by atoms with Crippen molar-refractivity contribution in [1.29, 1.82) is 0 Å². The van der Waals surface area contributed by atoms with E-state index in [9.17, 15) is 9.18 Å². The van der Waals surface area contributed by atoms with Crippen LogP contribution in [0.3, 0.4) is 0 Å². The third-order valence-electron chi connectivity index (χ3n) is 2.03. The molecule has 82 valence electrons. The zero-order valence-corrected chi connectivity index (χ0v) is 8.40. The van der Waals surface area contributed by atoms with Crippen LogP contribution in [0.5, 0.6) is 0 Å². The summed E-state index contributed by atoms with van der Waals surface area (Å²) in [5.74, 6) is -0.841. The lowest BCUT2D eigenvalue weighted by atomic mass is 10.1. The van der Waals surface area contributed by atoms with Gasteiger partial charge < -0.3 is 15.7 Å². The van der Waals surface area contributed by atoms with Crippen LogP contribution in [0.1, 0.15) is 10.4 Å². The van der Waals surface area contributed by atoms with Gasteiger partial charge in [-0.15, -0.1) is 0 Å². The molecule has 0 aliphatic heterocycles. The van der Waals surface area contributed by atoms with Gasteiger partial charge >= 0.3 is 0 Å². The Morgan fingerprint density at radius 1 is 1.60 bits per heavy atom. The average Bonchev–Trinajstić information content (AvgIpc) is 2.21. The highest BCUT2D eigenvalue weighted by Crippen LogP contribution is 2.13. The number of carbonyl (C=O) groups excluding carboxylic acids is 1. The van der Waals surface area contributed by atoms with Crippen LogP contribution in [0.15, 0.2) is 18.2 Å². The molecule has 0 unspecified atom stereocenters. The quantitative estimate of drug-likeness (QED) is 0.716. The van der Waals surface area contributed by atoms with Crippen molar-refractivity contribution in [3.05, 3.63) is 29.6 Å². The van der Waals surface area contributed by atoms with Crippen molar-refractivity contribution < 1.29 is 14.3 Å². The standard InChI is InChI=1S/C10H13FN2O2/c1-13(4-5-14)10(15)7-2-3-8(11)9(12)6-7/h2-3,6,14H,4-5,12H2,1H3. The van der Waals surface area contributed by atoms with E-state index < -0.39 is 5.82 Å². The number of benzene rings is 1. The van der Waals surface area contributed by atoms with Crippen LogP contribution in [0.2, 0.25) is 0 Å². The van der Waals surface area contributed by atoms with Gasteiger partial charge in [0, 0.05) is 19.2 Å². The van der Waals surface area contributed by atoms with Crippen molar-refractivity contribution in [1.82, 2.24) is 4.90 Å². The van der Waals surface area contributed by atoms with Crippen molar-refractivity contribution in [2.75, 3.05) is 25.9 Å². The van der Waals surface area contributed by atoms with E-state index in [2.05, 4.69) is 0 Å². The molecule has 1 amide bonds. The second kappa shape index (κ2) is 4.75. The number of rotatable bonds is 3. The maximum Gasteiger partial charge on any atom is 0.253 e. The summed E-state index contributed by atoms with van der Waals surface area (Å²) >= 11 is 0. The number of halogens is 1. The number of nitrogen functional groups attached to an aromatic ring is 1. The molecule has 0 radical (unpaired) electrons. The fourth-order valence-corrected chi connectivity index (χ4v) is 1.15. The van der Waals surface area contributed by atoms with Gasteiger partial charge in [0.25, 0.3) is 5.91 Å². The molecule has 0 aliphatic carbocycles. The van der Waals surface area contributed by atoms with Gasteiger partial charge in [-0.05, 0) is 18.2 Å². The Bertz CT molecular complexity index is 368. The largest absolute Gasteiger partial charge is 0.396 e. The Kier molecular flexibility index (Phi) is 3.62. The average molecular weight is 212 g/mol. The van der Waals surface area contributed by atoms with Gasteiger partial charge in [-0.3, -0.25) is 4.79 Å². The molecule has 0 spiro atoms. The monoisotopic (exact) mass is 212 g/mol. The first kappa shape index (κ1) is 11.5. The van der Waals surface area contributed by atoms with Crippen LogP contribution in [0, 0.1) is 5.82 Å². The van der Waals surface area contributed by atoms with Gasteiger partial charge in [0.15, 0.2) is 0 Å². The summed E-state index contributed by atoms with van der Waals surface area (Å²) in [5, 5.41) is 8.65. The smallest absolute Gasteiger partial charge is 0.253 e. The van der Waals surface area contributed by atoms with Crippen molar-refractivity contribution >= 4 is 11.6 Å². The van der Waals surface area contributed by atoms with Crippen LogP contribution in [0.25, 0.3) is 0 Å². The summed E-state index contributed by atoms with van der Waals surface area (Å²) in [6, 6.07) is 3.79. The number of carbonyl (C=O) groups is 1. The van der Waals surface area contributed by atoms with E-state index >= 15 is 0 Å². The van der Waals surface area contributed by atoms with Crippen LogP contribution >= 0.6 is 0 Å². The number of nitrogens with zero attached hydrogens (tertiary/aromatic N) is 1. The Hall–Kier alpha value is -1.62. The molecule has 0 saturated carbocycles. The second-order valence-corrected chi connectivity index (χ2v) is 3.19. The topological polar surface area (TPSA) is 66.6 Å². The molecule has 15 heavy (non-hydrogen) atoms. The van der Waals surface area contributed by atoms with Crippen molar-refractivity contribution in [3.8, 4) is 0 Å². The van der Waals surface area contributed by atoms with E-state index in [0.717, 1.165) is 6.07 Å². The number of aliphatic hydroxyl groups is 1. The van der Waals surface area contributed by atoms with E-state index in [1.165, 1.54) is 17.0 Å². The van der Waals surface area contributed by atoms with Gasteiger partial charge in [0.1, 0.15) is 5.82 Å². The molecule has 3 N–H and O–H groups in total. The Labute approximate surface area is 87.1 Å². The van der Waals surface area contributed by atoms with Crippen LogP contribution in [0.4, 0.5) is 10.1 Å². The zero-order valence-electron chi connectivity index (χ0n) is 8.40. The predicted octanol–water partition coefficient (Wildman–Crippen LogP) is 0.472. The summed E-state index contributed by atoms with van der Waals surface area (Å²) in [6.45, 7) is 0.120. The van der Waals surface area contributed by atoms with Crippen LogP contribution < -0.4 is 5.73 Å². The van der Waals surface area contributed by atoms with Crippen LogP contribution in [-0.2, 0) is 0 Å². The number of aliphatic hydroxyl groups excluding tert-OH is 1. The minimum absolute atomic E-state index is 0.0572. The predicted molar refractivity (Wildman–Crippen MR) is 54.9 cm³/mol. The molecule has 0 heterocycles. The number of anilines is 1. The van der Waals surface area contributed by atoms with Gasteiger partial charge in [-0.1, -0.05) is 0 Å². The Balaban J connectivity index is 2.87. The SMILES string of the molecule is CN(CCO)C(=O)c1ccc(F)c(N)c1. The highest BCUT2D eigenvalue weighted by Gasteiger charge is 2.12. The first-order valence-corrected chi connectivity index (χ1v) is 4.47. The Morgan fingerprint density at radius 3 is 2.80 bits per heavy atom. The molecule has 0 aliphatic rings. The molecular weight excluding hydrogens is 199 g/mol. The lowest BCUT2D eigenvalue weighted by Gasteiger charge is -2.15. The molecule has 0 atom stereocenters. The number of nitrogens with two attached hydrogens (primary N) is 1. The van der Waals surface area contributed by atoms with Gasteiger partial charge in [-0.25, -0.2) is 4.39 Å². The van der Waals surface area contributed by atoms with Crippen molar-refractivity contribution in [3.63, 3.8) is 0 Å². The van der Waals surface area contributed by atoms with Crippen molar-refractivity contribution in [2.24, 2.45) is 0 Å². The maximum absolute atomic E-state index is 12.8. The minimum Gasteiger partial charge on any atom is -0.396 e. The fourth-order valence-electron chi connectivity index (χ4n) is 1.15. The number of likely N-dealkylation sites (N-methyl/N-ethyl adjacent to an activating group) is 1. The number of hydrogen-bond acceptors (Lipinski definition) is 3. The lowest BCUT2D eigenvalue weighted by Crippen LogP contribution is -2.29. The van der Waals surface area contributed by atoms with Crippen LogP contribution in [-0.4, -0.2) is 36.1 Å². The molecular formula is C10H13FN2O2. The van der Waals surface area contributed by atoms with Crippen molar-refractivity contribution in [2.45, 2.75) is 0 Å². The summed E-state index contributed by atoms with van der Waals surface area (Å²) in [4.78, 5) is 13.0. The number of hydrogen-bond donors (Lipinski definition) is 2. The maximum atomic E-state index is 12.8. The Morgan fingerprint density at radius 2 is 2.27 bits per heavy atom. The first-order valence-electron chi connectivity index (χ1n) is 4.47. The third-order valence-corrected chi connectivity index (χ3v) is 2.03. The second-order valence-electron chi connectivity index (χ2n) is 3.19. The molecule has 1 aromatic rings. The molecule has 0 bridgehead atoms. The van der Waals surface area contributed by atoms with Gasteiger partial charge in [0.05, 0.1) is 12.3 Å². The molecule has 1 aromatic carbocycles. The molecule has 0 fully saturated rings. The highest BCUT2D eigenvalue weighted by atomic mass is 19.1. The molecule has 0 aromatic heterocycles. The van der Waals surface area contributed by atoms with E-state index in [1.54, 1.807) is 7.05 Å². The summed E-state index contributed by atoms with van der Waals surface area (Å²) in [6.07, 6.45) is 0. The zero-order chi connectivity index (χ0) is 11.4. The summed E-state index contributed by atoms with van der Waals surface area (Å²) in [5.41, 5.74) is 5.59. The molecule has 5 heteroatoms. The minimum atomic E-state index is -0.545. The first-order chi connectivity index (χ1) is 7.06. The summed E-state index contributed by atoms with van der Waals surface area (Å²) < 4.78 is 12.8. The fraction of sp³-hybridized carbons (Fsp3) is 0.300. The molecule has 1 rings (SSSR count). The van der Waals surface area contributed by atoms with E-state index in [-0.39, 0.29) is 24.7 Å². The summed E-state index contributed by atoms with van der Waals surface area (Å²) in [7, 11) is 1.55. The third kappa shape index (κ3) is 2.66. The normalized spacial score (nSPS) is 10.1. The van der Waals surface area contributed by atoms with Gasteiger partial charge in [-0.2, -0.15) is 0 Å². The lowest BCUT2D eigenvalue weighted by molar-refractivity contribution is 0.0767. The van der Waals surface area contributed by atoms with E-state index in [0.29, 0.717) is 5.56 Å². The molecule has 4 nitrogen and oxygen atoms in total. The number of amides is 1. The molecule has 0 saturated heterocycles. The highest BCUT2D eigenvalue weighted by molar-refractivity contribution is 5.94. The van der Waals surface area contributed by atoms with Gasteiger partial charge in [0.2, 0.25) is 0 Å². The van der Waals surface area contributed by atoms with E-state index in [1.807, 2.05) is 0 Å².